The molecule has 3 fully saturated rings. The lowest BCUT2D eigenvalue weighted by molar-refractivity contribution is -0.147. The Morgan fingerprint density at radius 2 is 1.92 bits per heavy atom. The summed E-state index contributed by atoms with van der Waals surface area (Å²) in [7, 11) is 0. The van der Waals surface area contributed by atoms with Crippen LogP contribution in [0.25, 0.3) is 0 Å². The number of carbonyl (C=O) groups is 1. The van der Waals surface area contributed by atoms with Gasteiger partial charge < -0.3 is 4.90 Å². The van der Waals surface area contributed by atoms with Crippen LogP contribution in [0.2, 0.25) is 0 Å². The Morgan fingerprint density at radius 1 is 1.31 bits per heavy atom. The first kappa shape index (κ1) is 9.04. The molecule has 1 saturated carbocycles. The van der Waals surface area contributed by atoms with E-state index >= 15 is 0 Å². The minimum atomic E-state index is 0.378. The van der Waals surface area contributed by atoms with E-state index < -0.39 is 0 Å². The smallest absolute Gasteiger partial charge is 0.225 e. The summed E-state index contributed by atoms with van der Waals surface area (Å²) in [6.45, 7) is 5.35. The molecule has 1 aliphatic carbocycles. The molecule has 0 unspecified atom stereocenters. The van der Waals surface area contributed by atoms with E-state index in [0.717, 1.165) is 19.4 Å². The number of hydrogen-bond donors (Lipinski definition) is 0. The van der Waals surface area contributed by atoms with Crippen molar-refractivity contribution in [3.8, 4) is 0 Å². The molecule has 2 aliphatic heterocycles. The van der Waals surface area contributed by atoms with Crippen LogP contribution in [0, 0.1) is 11.8 Å². The zero-order valence-corrected chi connectivity index (χ0v) is 8.62. The van der Waals surface area contributed by atoms with Crippen molar-refractivity contribution >= 4 is 5.91 Å². The Morgan fingerprint density at radius 3 is 2.38 bits per heavy atom. The summed E-state index contributed by atoms with van der Waals surface area (Å²) in [4.78, 5) is 14.0. The SMILES string of the molecule is CC(C)CN1C(=O)C2CCC1CC2. The molecule has 0 N–H and O–H groups in total. The number of amides is 1. The molecule has 1 amide bonds. The van der Waals surface area contributed by atoms with Crippen LogP contribution in [0.5, 0.6) is 0 Å². The lowest BCUT2D eigenvalue weighted by atomic mass is 9.79. The second-order valence-corrected chi connectivity index (χ2v) is 4.89. The van der Waals surface area contributed by atoms with Crippen LogP contribution in [-0.2, 0) is 4.79 Å². The normalized spacial score (nSPS) is 33.2. The maximum atomic E-state index is 11.8. The molecule has 13 heavy (non-hydrogen) atoms. The van der Waals surface area contributed by atoms with E-state index in [1.807, 2.05) is 0 Å². The van der Waals surface area contributed by atoms with Crippen molar-refractivity contribution in [2.24, 2.45) is 11.8 Å². The first-order valence-electron chi connectivity index (χ1n) is 5.49. The van der Waals surface area contributed by atoms with Gasteiger partial charge in [-0.05, 0) is 31.6 Å². The van der Waals surface area contributed by atoms with Crippen LogP contribution in [0.4, 0.5) is 0 Å². The average molecular weight is 181 g/mol. The van der Waals surface area contributed by atoms with Crippen molar-refractivity contribution in [2.45, 2.75) is 45.6 Å². The van der Waals surface area contributed by atoms with Gasteiger partial charge >= 0.3 is 0 Å². The molecule has 0 radical (unpaired) electrons. The predicted molar refractivity (Wildman–Crippen MR) is 52.3 cm³/mol. The predicted octanol–water partition coefficient (Wildman–Crippen LogP) is 2.04. The quantitative estimate of drug-likeness (QED) is 0.638. The Bertz CT molecular complexity index is 204. The van der Waals surface area contributed by atoms with Gasteiger partial charge in [0.05, 0.1) is 0 Å². The third-order valence-electron chi connectivity index (χ3n) is 3.33. The highest BCUT2D eigenvalue weighted by molar-refractivity contribution is 5.80. The molecular weight excluding hydrogens is 162 g/mol. The number of nitrogens with zero attached hydrogens (tertiary/aromatic N) is 1. The number of rotatable bonds is 2. The maximum Gasteiger partial charge on any atom is 0.225 e. The molecule has 0 aromatic heterocycles. The third kappa shape index (κ3) is 1.59. The monoisotopic (exact) mass is 181 g/mol. The van der Waals surface area contributed by atoms with Crippen molar-refractivity contribution in [3.63, 3.8) is 0 Å². The molecule has 0 aromatic carbocycles. The van der Waals surface area contributed by atoms with Crippen LogP contribution < -0.4 is 0 Å². The van der Waals surface area contributed by atoms with E-state index in [1.54, 1.807) is 0 Å². The average Bonchev–Trinajstić information content (AvgIpc) is 2.11. The summed E-state index contributed by atoms with van der Waals surface area (Å²) in [5.41, 5.74) is 0. The minimum absolute atomic E-state index is 0.378. The van der Waals surface area contributed by atoms with E-state index in [-0.39, 0.29) is 0 Å². The van der Waals surface area contributed by atoms with Gasteiger partial charge in [0.1, 0.15) is 0 Å². The molecule has 3 rings (SSSR count). The number of hydrogen-bond acceptors (Lipinski definition) is 1. The van der Waals surface area contributed by atoms with Gasteiger partial charge in [0, 0.05) is 18.5 Å². The van der Waals surface area contributed by atoms with Gasteiger partial charge in [0.15, 0.2) is 0 Å². The van der Waals surface area contributed by atoms with Crippen LogP contribution in [0.1, 0.15) is 39.5 Å². The Hall–Kier alpha value is -0.530. The third-order valence-corrected chi connectivity index (χ3v) is 3.33. The summed E-state index contributed by atoms with van der Waals surface area (Å²) in [6, 6.07) is 0.583. The summed E-state index contributed by atoms with van der Waals surface area (Å²) >= 11 is 0. The van der Waals surface area contributed by atoms with E-state index in [2.05, 4.69) is 18.7 Å². The summed E-state index contributed by atoms with van der Waals surface area (Å²) in [5, 5.41) is 0. The van der Waals surface area contributed by atoms with Gasteiger partial charge in [-0.2, -0.15) is 0 Å². The molecule has 0 spiro atoms. The fraction of sp³-hybridized carbons (Fsp3) is 0.909. The largest absolute Gasteiger partial charge is 0.339 e. The highest BCUT2D eigenvalue weighted by atomic mass is 16.2. The number of carbonyl (C=O) groups excluding carboxylic acids is 1. The van der Waals surface area contributed by atoms with Crippen LogP contribution >= 0.6 is 0 Å². The van der Waals surface area contributed by atoms with E-state index in [1.165, 1.54) is 12.8 Å². The molecular formula is C11H19NO. The maximum absolute atomic E-state index is 11.8. The van der Waals surface area contributed by atoms with E-state index in [9.17, 15) is 4.79 Å². The topological polar surface area (TPSA) is 20.3 Å². The van der Waals surface area contributed by atoms with Crippen molar-refractivity contribution in [1.82, 2.24) is 4.90 Å². The van der Waals surface area contributed by atoms with Crippen LogP contribution in [0.15, 0.2) is 0 Å². The highest BCUT2D eigenvalue weighted by Gasteiger charge is 2.39. The summed E-state index contributed by atoms with van der Waals surface area (Å²) in [5.74, 6) is 1.43. The molecule has 74 valence electrons. The second kappa shape index (κ2) is 3.32. The van der Waals surface area contributed by atoms with Gasteiger partial charge in [-0.25, -0.2) is 0 Å². The molecule has 2 heteroatoms. The summed E-state index contributed by atoms with van der Waals surface area (Å²) < 4.78 is 0. The molecule has 3 aliphatic rings. The lowest BCUT2D eigenvalue weighted by Crippen LogP contribution is -2.53. The second-order valence-electron chi connectivity index (χ2n) is 4.89. The highest BCUT2D eigenvalue weighted by Crippen LogP contribution is 2.36. The van der Waals surface area contributed by atoms with Gasteiger partial charge in [0.25, 0.3) is 0 Å². The number of fused-ring (bicyclic) bond motifs is 3. The summed E-state index contributed by atoms with van der Waals surface area (Å²) in [6.07, 6.45) is 4.81. The van der Waals surface area contributed by atoms with Crippen molar-refractivity contribution in [1.29, 1.82) is 0 Å². The minimum Gasteiger partial charge on any atom is -0.339 e. The van der Waals surface area contributed by atoms with Gasteiger partial charge in [-0.15, -0.1) is 0 Å². The molecule has 2 saturated heterocycles. The van der Waals surface area contributed by atoms with E-state index in [4.69, 9.17) is 0 Å². The van der Waals surface area contributed by atoms with Crippen molar-refractivity contribution < 1.29 is 4.79 Å². The Kier molecular flexibility index (Phi) is 2.31. The lowest BCUT2D eigenvalue weighted by Gasteiger charge is -2.45. The molecule has 2 bridgehead atoms. The fourth-order valence-corrected chi connectivity index (χ4v) is 2.68. The zero-order valence-electron chi connectivity index (χ0n) is 8.62. The van der Waals surface area contributed by atoms with Gasteiger partial charge in [-0.3, -0.25) is 4.79 Å². The van der Waals surface area contributed by atoms with Gasteiger partial charge in [-0.1, -0.05) is 13.8 Å². The first-order valence-corrected chi connectivity index (χ1v) is 5.49. The van der Waals surface area contributed by atoms with Crippen molar-refractivity contribution in [2.75, 3.05) is 6.54 Å². The Balaban J connectivity index is 2.05. The zero-order chi connectivity index (χ0) is 9.42. The standard InChI is InChI=1S/C11H19NO/c1-8(2)7-12-10-5-3-9(4-6-10)11(12)13/h8-10H,3-7H2,1-2H3. The number of piperidine rings is 2. The Labute approximate surface area is 80.3 Å². The molecule has 0 aromatic rings. The first-order chi connectivity index (χ1) is 6.18. The van der Waals surface area contributed by atoms with Gasteiger partial charge in [0.2, 0.25) is 5.91 Å². The molecule has 2 heterocycles. The van der Waals surface area contributed by atoms with E-state index in [0.29, 0.717) is 23.8 Å². The molecule has 2 nitrogen and oxygen atoms in total. The molecule has 0 atom stereocenters. The van der Waals surface area contributed by atoms with Crippen LogP contribution in [-0.4, -0.2) is 23.4 Å². The van der Waals surface area contributed by atoms with Crippen molar-refractivity contribution in [3.05, 3.63) is 0 Å². The van der Waals surface area contributed by atoms with Crippen LogP contribution in [0.3, 0.4) is 0 Å². The fourth-order valence-electron chi connectivity index (χ4n) is 2.68.